The van der Waals surface area contributed by atoms with Gasteiger partial charge in [-0.3, -0.25) is 9.59 Å². The van der Waals surface area contributed by atoms with Gasteiger partial charge < -0.3 is 9.12 Å². The molecule has 0 spiro atoms. The molecule has 1 unspecified atom stereocenters. The van der Waals surface area contributed by atoms with Crippen molar-refractivity contribution in [1.82, 2.24) is 14.0 Å². The van der Waals surface area contributed by atoms with Crippen LogP contribution < -0.4 is 15.0 Å². The van der Waals surface area contributed by atoms with Crippen LogP contribution in [0.3, 0.4) is 0 Å². The molecular formula is C28H33F2N3O5S2. The van der Waals surface area contributed by atoms with E-state index in [4.69, 9.17) is 0 Å². The van der Waals surface area contributed by atoms with Gasteiger partial charge in [0.25, 0.3) is 5.56 Å². The first-order valence-electron chi connectivity index (χ1n) is 12.6. The molecule has 40 heavy (non-hydrogen) atoms. The number of rotatable bonds is 11. The van der Waals surface area contributed by atoms with Gasteiger partial charge in [-0.15, -0.1) is 4.72 Å². The number of hydrogen-bond acceptors (Lipinski definition) is 6. The van der Waals surface area contributed by atoms with Crippen LogP contribution >= 0.6 is 0 Å². The summed E-state index contributed by atoms with van der Waals surface area (Å²) in [6.45, 7) is 7.22. The molecule has 0 bridgehead atoms. The molecule has 0 aliphatic rings. The minimum absolute atomic E-state index is 0.00222. The van der Waals surface area contributed by atoms with E-state index >= 15 is 4.39 Å². The van der Waals surface area contributed by atoms with Gasteiger partial charge in [0.2, 0.25) is 10.9 Å². The summed E-state index contributed by atoms with van der Waals surface area (Å²) in [5.41, 5.74) is 1.11. The van der Waals surface area contributed by atoms with Crippen molar-refractivity contribution in [2.45, 2.75) is 51.3 Å². The first-order valence-corrected chi connectivity index (χ1v) is 14.9. The van der Waals surface area contributed by atoms with Crippen LogP contribution in [0.15, 0.2) is 53.5 Å². The lowest BCUT2D eigenvalue weighted by molar-refractivity contribution is 0.103. The van der Waals surface area contributed by atoms with Crippen LogP contribution in [0.1, 0.15) is 67.2 Å². The lowest BCUT2D eigenvalue weighted by atomic mass is 9.88. The summed E-state index contributed by atoms with van der Waals surface area (Å²) in [5, 5.41) is 0. The van der Waals surface area contributed by atoms with Crippen molar-refractivity contribution in [3.8, 4) is 11.1 Å². The zero-order chi connectivity index (χ0) is 29.8. The smallest absolute Gasteiger partial charge is 0.250 e. The Morgan fingerprint density at radius 3 is 2.33 bits per heavy atom. The second-order valence-corrected chi connectivity index (χ2v) is 13.1. The maximum absolute atomic E-state index is 15.3. The zero-order valence-corrected chi connectivity index (χ0v) is 24.6. The van der Waals surface area contributed by atoms with Crippen LogP contribution in [-0.4, -0.2) is 34.6 Å². The Labute approximate surface area is 237 Å². The van der Waals surface area contributed by atoms with Gasteiger partial charge in [-0.2, -0.15) is 0 Å². The van der Waals surface area contributed by atoms with Gasteiger partial charge in [-0.1, -0.05) is 6.92 Å². The van der Waals surface area contributed by atoms with E-state index in [9.17, 15) is 27.0 Å². The average molecular weight is 594 g/mol. The molecule has 0 aliphatic carbocycles. The van der Waals surface area contributed by atoms with Gasteiger partial charge in [-0.05, 0) is 86.7 Å². The maximum atomic E-state index is 15.3. The number of aryl methyl sites for hydroxylation is 1. The van der Waals surface area contributed by atoms with Crippen molar-refractivity contribution in [1.29, 1.82) is 0 Å². The van der Waals surface area contributed by atoms with E-state index in [2.05, 4.69) is 9.44 Å². The molecular weight excluding hydrogens is 560 g/mol. The van der Waals surface area contributed by atoms with E-state index < -0.39 is 50.5 Å². The van der Waals surface area contributed by atoms with Crippen LogP contribution in [0.5, 0.6) is 0 Å². The Balaban J connectivity index is 2.28. The largest absolute Gasteiger partial charge is 0.598 e. The highest BCUT2D eigenvalue weighted by atomic mass is 32.2. The highest BCUT2D eigenvalue weighted by molar-refractivity contribution is 7.90. The predicted octanol–water partition coefficient (Wildman–Crippen LogP) is 3.72. The number of pyridine rings is 1. The van der Waals surface area contributed by atoms with Crippen molar-refractivity contribution in [2.24, 2.45) is 7.05 Å². The SMILES string of the molecule is CC[C@H](N[S+]([O-])C(C)(C)C)c1cc(=O)n(C)cc1-c1cc(CCN[SH](=O)=O)c(F)cc1C(=O)c1ccc(F)cc1. The fourth-order valence-electron chi connectivity index (χ4n) is 4.09. The van der Waals surface area contributed by atoms with Crippen molar-refractivity contribution in [3.05, 3.63) is 92.9 Å². The predicted molar refractivity (Wildman–Crippen MR) is 153 cm³/mol. The average Bonchev–Trinajstić information content (AvgIpc) is 2.88. The van der Waals surface area contributed by atoms with E-state index in [1.807, 2.05) is 27.7 Å². The number of benzene rings is 2. The molecule has 3 aromatic rings. The normalized spacial score (nSPS) is 13.4. The van der Waals surface area contributed by atoms with Gasteiger partial charge in [0, 0.05) is 53.9 Å². The molecule has 1 heterocycles. The summed E-state index contributed by atoms with van der Waals surface area (Å²) in [6.07, 6.45) is 1.97. The third-order valence-corrected chi connectivity index (χ3v) is 8.41. The maximum Gasteiger partial charge on any atom is 0.250 e. The van der Waals surface area contributed by atoms with Gasteiger partial charge in [-0.25, -0.2) is 21.9 Å². The first kappa shape index (κ1) is 31.6. The summed E-state index contributed by atoms with van der Waals surface area (Å²) in [7, 11) is -1.34. The van der Waals surface area contributed by atoms with Crippen molar-refractivity contribution in [2.75, 3.05) is 6.54 Å². The number of nitrogens with one attached hydrogen (secondary N) is 2. The monoisotopic (exact) mass is 593 g/mol. The number of thiol groups is 1. The Hall–Kier alpha value is -2.90. The van der Waals surface area contributed by atoms with E-state index in [-0.39, 0.29) is 35.2 Å². The lowest BCUT2D eigenvalue weighted by Crippen LogP contribution is -2.41. The van der Waals surface area contributed by atoms with E-state index in [1.54, 1.807) is 0 Å². The quantitative estimate of drug-likeness (QED) is 0.177. The molecule has 0 radical (unpaired) electrons. The summed E-state index contributed by atoms with van der Waals surface area (Å²) in [6, 6.07) is 8.23. The lowest BCUT2D eigenvalue weighted by Gasteiger charge is -2.29. The molecule has 0 fully saturated rings. The molecule has 0 amide bonds. The highest BCUT2D eigenvalue weighted by Crippen LogP contribution is 2.35. The second kappa shape index (κ2) is 13.2. The zero-order valence-electron chi connectivity index (χ0n) is 22.9. The molecule has 2 aromatic carbocycles. The molecule has 2 atom stereocenters. The van der Waals surface area contributed by atoms with Gasteiger partial charge in [0.1, 0.15) is 16.4 Å². The molecule has 0 saturated carbocycles. The number of halogens is 2. The number of ketones is 1. The van der Waals surface area contributed by atoms with Gasteiger partial charge in [0.15, 0.2) is 5.78 Å². The van der Waals surface area contributed by atoms with Crippen LogP contribution in [0.25, 0.3) is 11.1 Å². The summed E-state index contributed by atoms with van der Waals surface area (Å²) in [5.74, 6) is -1.82. The summed E-state index contributed by atoms with van der Waals surface area (Å²) < 4.78 is 69.8. The minimum Gasteiger partial charge on any atom is -0.598 e. The van der Waals surface area contributed by atoms with Crippen LogP contribution in [0.4, 0.5) is 8.78 Å². The van der Waals surface area contributed by atoms with E-state index in [0.29, 0.717) is 23.1 Å². The number of nitrogens with zero attached hydrogens (tertiary/aromatic N) is 1. The Morgan fingerprint density at radius 2 is 1.75 bits per heavy atom. The molecule has 2 N–H and O–H groups in total. The molecule has 1 aromatic heterocycles. The molecule has 0 aliphatic heterocycles. The number of carbonyl (C=O) groups excluding carboxylic acids is 1. The van der Waals surface area contributed by atoms with E-state index in [1.165, 1.54) is 42.1 Å². The second-order valence-electron chi connectivity index (χ2n) is 10.3. The third kappa shape index (κ3) is 7.64. The Bertz CT molecular complexity index is 1510. The van der Waals surface area contributed by atoms with Crippen LogP contribution in [0.2, 0.25) is 0 Å². The number of hydrogen-bond donors (Lipinski definition) is 3. The summed E-state index contributed by atoms with van der Waals surface area (Å²) in [4.78, 5) is 26.4. The minimum atomic E-state index is -2.88. The van der Waals surface area contributed by atoms with Gasteiger partial charge >= 0.3 is 0 Å². The number of aromatic nitrogens is 1. The molecule has 3 rings (SSSR count). The van der Waals surface area contributed by atoms with Crippen molar-refractivity contribution < 1.29 is 26.5 Å². The third-order valence-electron chi connectivity index (χ3n) is 6.31. The van der Waals surface area contributed by atoms with E-state index in [0.717, 1.165) is 18.2 Å². The fraction of sp³-hybridized carbons (Fsp3) is 0.357. The van der Waals surface area contributed by atoms with Crippen molar-refractivity contribution >= 4 is 28.0 Å². The van der Waals surface area contributed by atoms with Gasteiger partial charge in [0.05, 0.1) is 6.04 Å². The van der Waals surface area contributed by atoms with Crippen molar-refractivity contribution in [3.63, 3.8) is 0 Å². The topological polar surface area (TPSA) is 120 Å². The number of carbonyl (C=O) groups is 1. The van der Waals surface area contributed by atoms with Crippen LogP contribution in [0, 0.1) is 11.6 Å². The Morgan fingerprint density at radius 1 is 1.10 bits per heavy atom. The first-order chi connectivity index (χ1) is 18.7. The summed E-state index contributed by atoms with van der Waals surface area (Å²) >= 11 is -1.49. The molecule has 216 valence electrons. The van der Waals surface area contributed by atoms with Crippen LogP contribution in [-0.2, 0) is 35.7 Å². The molecule has 8 nitrogen and oxygen atoms in total. The fourth-order valence-corrected chi connectivity index (χ4v) is 5.29. The Kier molecular flexibility index (Phi) is 10.4. The molecule has 0 saturated heterocycles. The molecule has 12 heteroatoms. The standard InChI is InChI=1S/C28H33F2N3O5S2/c1-6-25(32-39(36)28(2,3)4)21-15-26(34)33(5)16-23(21)20-13-18(11-12-31-40(37)38)24(30)14-22(20)27(35)17-7-9-19(29)10-8-17/h7-10,13-16,25,32,40H,6,11-12H2,1-5H3,(H,31,37,38)/t25-,39?/m0/s1. The highest BCUT2D eigenvalue weighted by Gasteiger charge is 2.31.